The maximum atomic E-state index is 12.6. The van der Waals surface area contributed by atoms with Gasteiger partial charge in [0.05, 0.1) is 12.8 Å². The normalized spacial score (nSPS) is 13.5. The molecule has 0 bridgehead atoms. The number of anilines is 1. The van der Waals surface area contributed by atoms with Gasteiger partial charge in [-0.2, -0.15) is 10.4 Å². The molecule has 2 aromatic carbocycles. The van der Waals surface area contributed by atoms with E-state index < -0.39 is 17.8 Å². The number of amides is 2. The summed E-state index contributed by atoms with van der Waals surface area (Å²) >= 11 is 0. The van der Waals surface area contributed by atoms with Crippen molar-refractivity contribution in [1.29, 1.82) is 5.26 Å². The van der Waals surface area contributed by atoms with E-state index in [2.05, 4.69) is 20.2 Å². The predicted molar refractivity (Wildman–Crippen MR) is 125 cm³/mol. The highest BCUT2D eigenvalue weighted by molar-refractivity contribution is 6.19. The van der Waals surface area contributed by atoms with Gasteiger partial charge in [-0.3, -0.25) is 14.7 Å². The first-order valence-corrected chi connectivity index (χ1v) is 10.4. The van der Waals surface area contributed by atoms with Gasteiger partial charge in [-0.15, -0.1) is 0 Å². The topological polar surface area (TPSA) is 160 Å². The monoisotopic (exact) mass is 486 g/mol. The van der Waals surface area contributed by atoms with Crippen LogP contribution in [-0.2, 0) is 14.3 Å². The van der Waals surface area contributed by atoms with Crippen LogP contribution in [0.15, 0.2) is 59.5 Å². The second-order valence-corrected chi connectivity index (χ2v) is 7.20. The Kier molecular flexibility index (Phi) is 6.83. The van der Waals surface area contributed by atoms with Crippen LogP contribution in [0.2, 0.25) is 0 Å². The largest absolute Gasteiger partial charge is 0.493 e. The van der Waals surface area contributed by atoms with Crippen LogP contribution >= 0.6 is 0 Å². The lowest BCUT2D eigenvalue weighted by molar-refractivity contribution is -0.130. The number of hydrogen-bond donors (Lipinski definition) is 1. The molecule has 1 aromatic heterocycles. The Bertz CT molecular complexity index is 1420. The third kappa shape index (κ3) is 4.80. The van der Waals surface area contributed by atoms with Gasteiger partial charge in [-0.1, -0.05) is 12.1 Å². The first kappa shape index (κ1) is 23.8. The van der Waals surface area contributed by atoms with Crippen LogP contribution in [0.3, 0.4) is 0 Å². The molecule has 12 heteroatoms. The third-order valence-corrected chi connectivity index (χ3v) is 4.93. The van der Waals surface area contributed by atoms with Gasteiger partial charge in [0.25, 0.3) is 0 Å². The standard InChI is InChI=1S/C24H18N6O6/c1-14(31)30(23(32)21-26-13-27-29-21)17-8-6-15(7-9-17)22-28-18(24(33)36-22)12-16-4-3-5-19(34-2)20(16)35-11-10-25/h3-9,12-13H,11H2,1-2H3,(H,26,27,29)/b18-12-. The van der Waals surface area contributed by atoms with Crippen molar-refractivity contribution in [2.45, 2.75) is 6.92 Å². The number of esters is 1. The van der Waals surface area contributed by atoms with Crippen LogP contribution in [0.5, 0.6) is 11.5 Å². The zero-order valence-corrected chi connectivity index (χ0v) is 19.1. The number of imide groups is 1. The number of nitriles is 1. The van der Waals surface area contributed by atoms with E-state index in [0.29, 0.717) is 16.9 Å². The fourth-order valence-electron chi connectivity index (χ4n) is 3.36. The summed E-state index contributed by atoms with van der Waals surface area (Å²) in [4.78, 5) is 46.2. The number of benzene rings is 2. The van der Waals surface area contributed by atoms with E-state index in [0.717, 1.165) is 11.2 Å². The number of ether oxygens (including phenoxy) is 3. The van der Waals surface area contributed by atoms with Crippen LogP contribution < -0.4 is 14.4 Å². The SMILES string of the molecule is COc1cccc(/C=C2\N=C(c3ccc(N(C(C)=O)C(=O)c4ncn[nH]4)cc3)OC2=O)c1OCC#N. The van der Waals surface area contributed by atoms with Crippen LogP contribution in [0.1, 0.15) is 28.7 Å². The molecule has 36 heavy (non-hydrogen) atoms. The molecule has 0 unspecified atom stereocenters. The highest BCUT2D eigenvalue weighted by Crippen LogP contribution is 2.33. The van der Waals surface area contributed by atoms with E-state index in [1.54, 1.807) is 30.3 Å². The molecule has 4 rings (SSSR count). The first-order chi connectivity index (χ1) is 17.4. The fraction of sp³-hybridized carbons (Fsp3) is 0.125. The Balaban J connectivity index is 1.62. The van der Waals surface area contributed by atoms with Gasteiger partial charge in [0.1, 0.15) is 12.4 Å². The third-order valence-electron chi connectivity index (χ3n) is 4.93. The number of carbonyl (C=O) groups excluding carboxylic acids is 3. The van der Waals surface area contributed by atoms with Crippen molar-refractivity contribution in [3.05, 3.63) is 71.4 Å². The highest BCUT2D eigenvalue weighted by atomic mass is 16.6. The molecule has 2 amide bonds. The highest BCUT2D eigenvalue weighted by Gasteiger charge is 2.27. The molecule has 0 saturated carbocycles. The maximum Gasteiger partial charge on any atom is 0.363 e. The number of para-hydroxylation sites is 1. The minimum absolute atomic E-state index is 0.00926. The molecule has 0 radical (unpaired) electrons. The fourth-order valence-corrected chi connectivity index (χ4v) is 3.36. The number of cyclic esters (lactones) is 1. The molecule has 1 aliphatic rings. The smallest absolute Gasteiger partial charge is 0.363 e. The van der Waals surface area contributed by atoms with Crippen molar-refractivity contribution in [2.24, 2.45) is 4.99 Å². The molecule has 0 saturated heterocycles. The number of carbonyl (C=O) groups is 3. The number of aromatic nitrogens is 3. The number of hydrogen-bond acceptors (Lipinski definition) is 10. The van der Waals surface area contributed by atoms with E-state index in [1.165, 1.54) is 32.2 Å². The summed E-state index contributed by atoms with van der Waals surface area (Å²) in [6.45, 7) is 1.04. The summed E-state index contributed by atoms with van der Waals surface area (Å²) < 4.78 is 16.1. The van der Waals surface area contributed by atoms with Crippen molar-refractivity contribution in [3.63, 3.8) is 0 Å². The summed E-state index contributed by atoms with van der Waals surface area (Å²) in [5, 5.41) is 14.9. The molecular formula is C24H18N6O6. The molecule has 0 aliphatic carbocycles. The van der Waals surface area contributed by atoms with E-state index in [1.807, 2.05) is 6.07 Å². The lowest BCUT2D eigenvalue weighted by atomic mass is 10.1. The molecule has 2 heterocycles. The maximum absolute atomic E-state index is 12.6. The van der Waals surface area contributed by atoms with Crippen LogP contribution in [0.4, 0.5) is 5.69 Å². The van der Waals surface area contributed by atoms with Crippen LogP contribution in [0, 0.1) is 11.3 Å². The number of nitrogens with zero attached hydrogens (tertiary/aromatic N) is 5. The predicted octanol–water partition coefficient (Wildman–Crippen LogP) is 2.25. The van der Waals surface area contributed by atoms with Crippen molar-refractivity contribution in [3.8, 4) is 17.6 Å². The van der Waals surface area contributed by atoms with Gasteiger partial charge >= 0.3 is 11.9 Å². The Morgan fingerprint density at radius 3 is 2.64 bits per heavy atom. The second-order valence-electron chi connectivity index (χ2n) is 7.20. The number of methoxy groups -OCH3 is 1. The van der Waals surface area contributed by atoms with Gasteiger partial charge in [-0.25, -0.2) is 19.7 Å². The Morgan fingerprint density at radius 2 is 2.00 bits per heavy atom. The molecule has 3 aromatic rings. The minimum atomic E-state index is -0.686. The molecule has 0 atom stereocenters. The van der Waals surface area contributed by atoms with Crippen molar-refractivity contribution >= 4 is 35.4 Å². The number of nitrogens with one attached hydrogen (secondary N) is 1. The summed E-state index contributed by atoms with van der Waals surface area (Å²) in [5.41, 5.74) is 1.21. The Labute approximate surface area is 204 Å². The molecular weight excluding hydrogens is 468 g/mol. The Morgan fingerprint density at radius 1 is 1.22 bits per heavy atom. The van der Waals surface area contributed by atoms with E-state index in [-0.39, 0.29) is 35.5 Å². The van der Waals surface area contributed by atoms with Gasteiger partial charge < -0.3 is 14.2 Å². The zero-order chi connectivity index (χ0) is 25.7. The molecule has 1 N–H and O–H groups in total. The van der Waals surface area contributed by atoms with Crippen molar-refractivity contribution in [2.75, 3.05) is 18.6 Å². The average Bonchev–Trinajstić information content (AvgIpc) is 3.54. The zero-order valence-electron chi connectivity index (χ0n) is 19.1. The van der Waals surface area contributed by atoms with Crippen molar-refractivity contribution in [1.82, 2.24) is 15.2 Å². The summed E-state index contributed by atoms with van der Waals surface area (Å²) in [6.07, 6.45) is 2.63. The summed E-state index contributed by atoms with van der Waals surface area (Å²) in [6, 6.07) is 13.1. The average molecular weight is 486 g/mol. The quantitative estimate of drug-likeness (QED) is 0.390. The minimum Gasteiger partial charge on any atom is -0.493 e. The van der Waals surface area contributed by atoms with E-state index in [4.69, 9.17) is 19.5 Å². The van der Waals surface area contributed by atoms with Crippen LogP contribution in [0.25, 0.3) is 6.08 Å². The van der Waals surface area contributed by atoms with Crippen LogP contribution in [-0.4, -0.2) is 52.6 Å². The molecule has 12 nitrogen and oxygen atoms in total. The number of rotatable bonds is 7. The van der Waals surface area contributed by atoms with Gasteiger partial charge in [0, 0.05) is 18.1 Å². The first-order valence-electron chi connectivity index (χ1n) is 10.4. The lowest BCUT2D eigenvalue weighted by Gasteiger charge is -2.18. The number of H-pyrrole nitrogens is 1. The molecule has 0 spiro atoms. The summed E-state index contributed by atoms with van der Waals surface area (Å²) in [7, 11) is 1.46. The second kappa shape index (κ2) is 10.3. The lowest BCUT2D eigenvalue weighted by Crippen LogP contribution is -2.36. The van der Waals surface area contributed by atoms with E-state index >= 15 is 0 Å². The Hall–Kier alpha value is -5.31. The molecule has 1 aliphatic heterocycles. The number of aliphatic imine (C=N–C) groups is 1. The molecule has 180 valence electrons. The van der Waals surface area contributed by atoms with Crippen molar-refractivity contribution < 1.29 is 28.6 Å². The van der Waals surface area contributed by atoms with E-state index in [9.17, 15) is 14.4 Å². The van der Waals surface area contributed by atoms with Gasteiger partial charge in [-0.05, 0) is 36.4 Å². The number of aromatic amines is 1. The molecule has 0 fully saturated rings. The van der Waals surface area contributed by atoms with Gasteiger partial charge in [0.2, 0.25) is 17.6 Å². The summed E-state index contributed by atoms with van der Waals surface area (Å²) in [5.74, 6) is -1.25. The van der Waals surface area contributed by atoms with Gasteiger partial charge in [0.15, 0.2) is 23.8 Å².